The highest BCUT2D eigenvalue weighted by atomic mass is 32.1. The van der Waals surface area contributed by atoms with Crippen LogP contribution in [-0.4, -0.2) is 19.8 Å². The highest BCUT2D eigenvalue weighted by molar-refractivity contribution is 7.07. The monoisotopic (exact) mass is 522 g/mol. The maximum atomic E-state index is 13.6. The van der Waals surface area contributed by atoms with E-state index in [0.717, 1.165) is 16.8 Å². The normalized spacial score (nSPS) is 12.1. The van der Waals surface area contributed by atoms with E-state index in [1.807, 2.05) is 68.7 Å². The van der Waals surface area contributed by atoms with Crippen LogP contribution in [0.25, 0.3) is 16.9 Å². The van der Waals surface area contributed by atoms with E-state index in [2.05, 4.69) is 6.07 Å². The van der Waals surface area contributed by atoms with Crippen LogP contribution in [0.2, 0.25) is 0 Å². The predicted molar refractivity (Wildman–Crippen MR) is 147 cm³/mol. The lowest BCUT2D eigenvalue weighted by atomic mass is 10.1. The van der Waals surface area contributed by atoms with E-state index in [1.54, 1.807) is 38.3 Å². The minimum absolute atomic E-state index is 0.243. The maximum Gasteiger partial charge on any atom is 0.297 e. The molecule has 0 radical (unpaired) electrons. The van der Waals surface area contributed by atoms with E-state index in [0.29, 0.717) is 33.2 Å². The number of hydrogen-bond donors (Lipinski definition) is 0. The Hall–Kier alpha value is -4.81. The van der Waals surface area contributed by atoms with Crippen LogP contribution in [0, 0.1) is 24.1 Å². The van der Waals surface area contributed by atoms with Crippen molar-refractivity contribution in [3.63, 3.8) is 0 Å². The van der Waals surface area contributed by atoms with Gasteiger partial charge in [0.05, 0.1) is 34.4 Å². The molecule has 2 heterocycles. The van der Waals surface area contributed by atoms with Gasteiger partial charge in [0.1, 0.15) is 5.82 Å². The van der Waals surface area contributed by atoms with E-state index in [4.69, 9.17) is 15.4 Å². The van der Waals surface area contributed by atoms with E-state index < -0.39 is 0 Å². The lowest BCUT2D eigenvalue weighted by molar-refractivity contribution is 0.628. The number of nitrogens with zero attached hydrogens (tertiary/aromatic N) is 6. The molecule has 0 amide bonds. The summed E-state index contributed by atoms with van der Waals surface area (Å²) in [6.07, 6.45) is 0. The summed E-state index contributed by atoms with van der Waals surface area (Å²) in [7, 11) is 1.82. The first-order chi connectivity index (χ1) is 18.4. The third-order valence-corrected chi connectivity index (χ3v) is 7.05. The van der Waals surface area contributed by atoms with E-state index >= 15 is 0 Å². The van der Waals surface area contributed by atoms with Crippen LogP contribution >= 0.6 is 11.3 Å². The molecule has 38 heavy (non-hydrogen) atoms. The summed E-state index contributed by atoms with van der Waals surface area (Å²) in [5, 5.41) is 15.8. The number of thiazole rings is 1. The Morgan fingerprint density at radius 1 is 1.00 bits per heavy atom. The van der Waals surface area contributed by atoms with E-state index in [9.17, 15) is 9.18 Å². The molecule has 0 aliphatic carbocycles. The van der Waals surface area contributed by atoms with Gasteiger partial charge < -0.3 is 0 Å². The van der Waals surface area contributed by atoms with E-state index in [1.165, 1.54) is 23.5 Å². The van der Waals surface area contributed by atoms with Gasteiger partial charge in [-0.3, -0.25) is 9.48 Å². The van der Waals surface area contributed by atoms with Crippen molar-refractivity contribution >= 4 is 22.7 Å². The molecule has 0 N–H and O–H groups in total. The average Bonchev–Trinajstić information content (AvgIpc) is 3.42. The SMILES string of the molecule is CC(=Nn1c(-c2ccc(F)cc2)csc1=Nc1c(C)n(C)n(-c2ccccc2)c1=O)c1ccc(C#N)cc1. The van der Waals surface area contributed by atoms with Crippen molar-refractivity contribution in [1.29, 1.82) is 5.26 Å². The van der Waals surface area contributed by atoms with E-state index in [-0.39, 0.29) is 11.4 Å². The van der Waals surface area contributed by atoms with Gasteiger partial charge in [-0.05, 0) is 67.9 Å². The predicted octanol–water partition coefficient (Wildman–Crippen LogP) is 5.53. The zero-order chi connectivity index (χ0) is 26.8. The molecule has 5 rings (SSSR count). The Morgan fingerprint density at radius 2 is 1.68 bits per heavy atom. The van der Waals surface area contributed by atoms with Crippen LogP contribution in [0.15, 0.2) is 99.1 Å². The van der Waals surface area contributed by atoms with Gasteiger partial charge in [0, 0.05) is 18.0 Å². The number of rotatable bonds is 5. The van der Waals surface area contributed by atoms with Crippen molar-refractivity contribution in [2.24, 2.45) is 17.1 Å². The quantitative estimate of drug-likeness (QED) is 0.285. The molecule has 9 heteroatoms. The molecule has 188 valence electrons. The zero-order valence-corrected chi connectivity index (χ0v) is 21.8. The molecule has 0 spiro atoms. The van der Waals surface area contributed by atoms with Gasteiger partial charge in [0.15, 0.2) is 5.69 Å². The van der Waals surface area contributed by atoms with Gasteiger partial charge in [0.2, 0.25) is 4.80 Å². The fraction of sp³-hybridized carbons (Fsp3) is 0.103. The van der Waals surface area contributed by atoms with Gasteiger partial charge in [-0.25, -0.2) is 18.7 Å². The Balaban J connectivity index is 1.71. The second-order valence-corrected chi connectivity index (χ2v) is 9.46. The van der Waals surface area contributed by atoms with Gasteiger partial charge >= 0.3 is 0 Å². The molecule has 0 aliphatic rings. The lowest BCUT2D eigenvalue weighted by Crippen LogP contribution is -2.20. The smallest absolute Gasteiger partial charge is 0.283 e. The molecule has 3 aromatic carbocycles. The van der Waals surface area contributed by atoms with Crippen molar-refractivity contribution in [2.45, 2.75) is 13.8 Å². The average molecular weight is 523 g/mol. The summed E-state index contributed by atoms with van der Waals surface area (Å²) in [6.45, 7) is 3.71. The van der Waals surface area contributed by atoms with Crippen LogP contribution in [0.3, 0.4) is 0 Å². The first-order valence-electron chi connectivity index (χ1n) is 11.8. The molecule has 0 saturated heterocycles. The molecule has 0 aliphatic heterocycles. The standard InChI is InChI=1S/C29H23FN6OS/c1-19(22-11-9-21(17-31)10-12-22)33-35-26(23-13-15-24(30)16-14-23)18-38-29(35)32-27-20(2)34(3)36(28(27)37)25-7-5-4-6-8-25/h4-16,18H,1-3H3. The molecule has 7 nitrogen and oxygen atoms in total. The molecular formula is C29H23FN6OS. The number of para-hydroxylation sites is 1. The third kappa shape index (κ3) is 4.65. The van der Waals surface area contributed by atoms with Crippen LogP contribution in [0.1, 0.15) is 23.7 Å². The van der Waals surface area contributed by atoms with Crippen LogP contribution in [0.5, 0.6) is 0 Å². The summed E-state index contributed by atoms with van der Waals surface area (Å²) >= 11 is 1.34. The molecule has 5 aromatic rings. The second kappa shape index (κ2) is 10.3. The maximum absolute atomic E-state index is 13.6. The highest BCUT2D eigenvalue weighted by Gasteiger charge is 2.17. The number of nitriles is 1. The van der Waals surface area contributed by atoms with Crippen molar-refractivity contribution in [2.75, 3.05) is 0 Å². The van der Waals surface area contributed by atoms with Crippen molar-refractivity contribution in [3.8, 4) is 23.0 Å². The fourth-order valence-corrected chi connectivity index (χ4v) is 4.90. The second-order valence-electron chi connectivity index (χ2n) is 8.62. The summed E-state index contributed by atoms with van der Waals surface area (Å²) in [5.41, 5.74) is 5.05. The number of hydrogen-bond acceptors (Lipinski definition) is 5. The summed E-state index contributed by atoms with van der Waals surface area (Å²) < 4.78 is 18.7. The first kappa shape index (κ1) is 24.9. The van der Waals surface area contributed by atoms with Gasteiger partial charge in [-0.1, -0.05) is 30.3 Å². The topological polar surface area (TPSA) is 80.4 Å². The van der Waals surface area contributed by atoms with Crippen LogP contribution < -0.4 is 10.4 Å². The zero-order valence-electron chi connectivity index (χ0n) is 21.0. The number of aromatic nitrogens is 3. The Kier molecular flexibility index (Phi) is 6.73. The number of halogens is 1. The first-order valence-corrected chi connectivity index (χ1v) is 12.7. The molecule has 0 unspecified atom stereocenters. The Bertz CT molecular complexity index is 1820. The fourth-order valence-electron chi connectivity index (χ4n) is 4.07. The molecule has 2 aromatic heterocycles. The molecular weight excluding hydrogens is 499 g/mol. The summed E-state index contributed by atoms with van der Waals surface area (Å²) in [6, 6.07) is 24.8. The minimum Gasteiger partial charge on any atom is -0.283 e. The van der Waals surface area contributed by atoms with Crippen molar-refractivity contribution in [1.82, 2.24) is 14.0 Å². The summed E-state index contributed by atoms with van der Waals surface area (Å²) in [5.74, 6) is -0.334. The van der Waals surface area contributed by atoms with Crippen molar-refractivity contribution in [3.05, 3.63) is 122 Å². The molecule has 0 atom stereocenters. The minimum atomic E-state index is -0.334. The van der Waals surface area contributed by atoms with Crippen LogP contribution in [0.4, 0.5) is 10.1 Å². The highest BCUT2D eigenvalue weighted by Crippen LogP contribution is 2.22. The molecule has 0 saturated carbocycles. The molecule has 0 fully saturated rings. The van der Waals surface area contributed by atoms with Gasteiger partial charge in [-0.15, -0.1) is 11.3 Å². The van der Waals surface area contributed by atoms with Gasteiger partial charge in [0.25, 0.3) is 5.56 Å². The van der Waals surface area contributed by atoms with Crippen LogP contribution in [-0.2, 0) is 7.05 Å². The molecule has 0 bridgehead atoms. The third-order valence-electron chi connectivity index (χ3n) is 6.24. The largest absolute Gasteiger partial charge is 0.297 e. The summed E-state index contributed by atoms with van der Waals surface area (Å²) in [4.78, 5) is 18.8. The lowest BCUT2D eigenvalue weighted by Gasteiger charge is -2.07. The Labute approximate surface area is 222 Å². The Morgan fingerprint density at radius 3 is 2.34 bits per heavy atom. The van der Waals surface area contributed by atoms with Gasteiger partial charge in [-0.2, -0.15) is 10.4 Å². The van der Waals surface area contributed by atoms with Crippen molar-refractivity contribution < 1.29 is 4.39 Å². The number of benzene rings is 3.